The Labute approximate surface area is 114 Å². The molecule has 2 aromatic rings. The highest BCUT2D eigenvalue weighted by atomic mass is 32.1. The van der Waals surface area contributed by atoms with Crippen LogP contribution in [0.25, 0.3) is 0 Å². The maximum Gasteiger partial charge on any atom is 0.244 e. The van der Waals surface area contributed by atoms with Crippen molar-refractivity contribution in [3.05, 3.63) is 57.5 Å². The number of hydrogen-bond donors (Lipinski definition) is 1. The number of hydrazone groups is 1. The van der Waals surface area contributed by atoms with Gasteiger partial charge in [-0.1, -0.05) is 12.1 Å². The van der Waals surface area contributed by atoms with Gasteiger partial charge in [-0.2, -0.15) is 5.10 Å². The van der Waals surface area contributed by atoms with Crippen molar-refractivity contribution in [3.8, 4) is 0 Å². The zero-order valence-electron chi connectivity index (χ0n) is 10.4. The molecule has 1 heterocycles. The highest BCUT2D eigenvalue weighted by Gasteiger charge is 2.02. The third-order valence-electron chi connectivity index (χ3n) is 2.42. The monoisotopic (exact) mass is 276 g/mol. The van der Waals surface area contributed by atoms with E-state index >= 15 is 0 Å². The van der Waals surface area contributed by atoms with Gasteiger partial charge in [0.1, 0.15) is 5.82 Å². The van der Waals surface area contributed by atoms with E-state index in [1.165, 1.54) is 17.0 Å². The van der Waals surface area contributed by atoms with Crippen LogP contribution in [0.1, 0.15) is 15.3 Å². The molecule has 3 nitrogen and oxygen atoms in total. The predicted molar refractivity (Wildman–Crippen MR) is 74.9 cm³/mol. The second-order valence-electron chi connectivity index (χ2n) is 4.04. The summed E-state index contributed by atoms with van der Waals surface area (Å²) < 4.78 is 12.7. The highest BCUT2D eigenvalue weighted by molar-refractivity contribution is 7.13. The van der Waals surface area contributed by atoms with Crippen molar-refractivity contribution in [2.75, 3.05) is 0 Å². The summed E-state index contributed by atoms with van der Waals surface area (Å²) in [6.45, 7) is 2.01. The Kier molecular flexibility index (Phi) is 4.41. The van der Waals surface area contributed by atoms with Gasteiger partial charge in [-0.05, 0) is 36.8 Å². The minimum absolute atomic E-state index is 0.182. The van der Waals surface area contributed by atoms with E-state index in [2.05, 4.69) is 10.5 Å². The molecule has 19 heavy (non-hydrogen) atoms. The molecule has 0 spiro atoms. The van der Waals surface area contributed by atoms with Crippen LogP contribution in [0.5, 0.6) is 0 Å². The molecule has 0 saturated carbocycles. The van der Waals surface area contributed by atoms with Gasteiger partial charge in [0.2, 0.25) is 5.91 Å². The molecule has 1 N–H and O–H groups in total. The zero-order chi connectivity index (χ0) is 13.7. The summed E-state index contributed by atoms with van der Waals surface area (Å²) >= 11 is 1.60. The molecule has 0 aliphatic rings. The SMILES string of the molecule is Cc1ccc(/C=N\NC(=O)Cc2ccc(F)cc2)s1. The van der Waals surface area contributed by atoms with E-state index < -0.39 is 0 Å². The molecule has 0 saturated heterocycles. The number of nitrogens with one attached hydrogen (secondary N) is 1. The second kappa shape index (κ2) is 6.24. The molecule has 0 atom stereocenters. The molecule has 0 unspecified atom stereocenters. The van der Waals surface area contributed by atoms with Crippen molar-refractivity contribution in [1.82, 2.24) is 5.43 Å². The van der Waals surface area contributed by atoms with Crippen molar-refractivity contribution in [2.24, 2.45) is 5.10 Å². The summed E-state index contributed by atoms with van der Waals surface area (Å²) in [7, 11) is 0. The van der Waals surface area contributed by atoms with Crippen LogP contribution in [0, 0.1) is 12.7 Å². The lowest BCUT2D eigenvalue weighted by atomic mass is 10.1. The van der Waals surface area contributed by atoms with Gasteiger partial charge in [-0.25, -0.2) is 9.82 Å². The molecule has 1 aromatic carbocycles. The second-order valence-corrected chi connectivity index (χ2v) is 5.36. The smallest absolute Gasteiger partial charge is 0.244 e. The van der Waals surface area contributed by atoms with E-state index in [0.29, 0.717) is 0 Å². The summed E-state index contributed by atoms with van der Waals surface area (Å²) in [6.07, 6.45) is 1.79. The predicted octanol–water partition coefficient (Wildman–Crippen LogP) is 2.89. The van der Waals surface area contributed by atoms with Crippen LogP contribution in [0.2, 0.25) is 0 Å². The topological polar surface area (TPSA) is 41.5 Å². The van der Waals surface area contributed by atoms with Crippen molar-refractivity contribution >= 4 is 23.5 Å². The van der Waals surface area contributed by atoms with Crippen molar-refractivity contribution in [3.63, 3.8) is 0 Å². The largest absolute Gasteiger partial charge is 0.273 e. The normalized spacial score (nSPS) is 10.8. The number of halogens is 1. The number of rotatable bonds is 4. The Balaban J connectivity index is 1.84. The van der Waals surface area contributed by atoms with Crippen LogP contribution < -0.4 is 5.43 Å². The van der Waals surface area contributed by atoms with E-state index in [1.807, 2.05) is 19.1 Å². The quantitative estimate of drug-likeness (QED) is 0.677. The van der Waals surface area contributed by atoms with Gasteiger partial charge in [0.25, 0.3) is 0 Å². The molecule has 1 aromatic heterocycles. The average Bonchev–Trinajstić information content (AvgIpc) is 2.78. The number of carbonyl (C=O) groups is 1. The Morgan fingerprint density at radius 2 is 2.05 bits per heavy atom. The molecule has 0 bridgehead atoms. The van der Waals surface area contributed by atoms with Crippen LogP contribution in [0.3, 0.4) is 0 Å². The standard InChI is InChI=1S/C14H13FN2OS/c1-10-2-7-13(19-10)9-16-17-14(18)8-11-3-5-12(15)6-4-11/h2-7,9H,8H2,1H3,(H,17,18)/b16-9-. The van der Waals surface area contributed by atoms with E-state index in [-0.39, 0.29) is 18.1 Å². The van der Waals surface area contributed by atoms with Crippen molar-refractivity contribution in [2.45, 2.75) is 13.3 Å². The lowest BCUT2D eigenvalue weighted by Crippen LogP contribution is -2.19. The Morgan fingerprint density at radius 1 is 1.32 bits per heavy atom. The Morgan fingerprint density at radius 3 is 2.68 bits per heavy atom. The number of aryl methyl sites for hydroxylation is 1. The summed E-state index contributed by atoms with van der Waals surface area (Å²) in [5, 5.41) is 3.88. The van der Waals surface area contributed by atoms with Gasteiger partial charge >= 0.3 is 0 Å². The summed E-state index contributed by atoms with van der Waals surface area (Å²) in [4.78, 5) is 13.8. The molecule has 0 aliphatic carbocycles. The van der Waals surface area contributed by atoms with Gasteiger partial charge in [0.15, 0.2) is 0 Å². The van der Waals surface area contributed by atoms with Crippen LogP contribution in [0.4, 0.5) is 4.39 Å². The number of benzene rings is 1. The maximum absolute atomic E-state index is 12.7. The van der Waals surface area contributed by atoms with Crippen LogP contribution in [-0.2, 0) is 11.2 Å². The molecule has 5 heteroatoms. The van der Waals surface area contributed by atoms with E-state index in [1.54, 1.807) is 29.7 Å². The molecule has 0 aliphatic heterocycles. The van der Waals surface area contributed by atoms with Crippen LogP contribution in [-0.4, -0.2) is 12.1 Å². The number of thiophene rings is 1. The van der Waals surface area contributed by atoms with Crippen LogP contribution >= 0.6 is 11.3 Å². The summed E-state index contributed by atoms with van der Waals surface area (Å²) in [5.74, 6) is -0.536. The summed E-state index contributed by atoms with van der Waals surface area (Å²) in [5.41, 5.74) is 3.20. The number of hydrogen-bond acceptors (Lipinski definition) is 3. The molecule has 2 rings (SSSR count). The third-order valence-corrected chi connectivity index (χ3v) is 3.36. The molecule has 98 valence electrons. The number of amides is 1. The van der Waals surface area contributed by atoms with Crippen molar-refractivity contribution < 1.29 is 9.18 Å². The average molecular weight is 276 g/mol. The first-order valence-corrected chi connectivity index (χ1v) is 6.58. The molecular weight excluding hydrogens is 263 g/mol. The Bertz CT molecular complexity index is 590. The molecular formula is C14H13FN2OS. The first kappa shape index (κ1) is 13.4. The van der Waals surface area contributed by atoms with Gasteiger partial charge in [-0.15, -0.1) is 11.3 Å². The lowest BCUT2D eigenvalue weighted by molar-refractivity contribution is -0.120. The van der Waals surface area contributed by atoms with E-state index in [9.17, 15) is 9.18 Å². The first-order chi connectivity index (χ1) is 9.13. The summed E-state index contributed by atoms with van der Waals surface area (Å²) in [6, 6.07) is 9.77. The minimum Gasteiger partial charge on any atom is -0.273 e. The Hall–Kier alpha value is -2.01. The van der Waals surface area contributed by atoms with E-state index in [4.69, 9.17) is 0 Å². The number of nitrogens with zero attached hydrogens (tertiary/aromatic N) is 1. The zero-order valence-corrected chi connectivity index (χ0v) is 11.2. The van der Waals surface area contributed by atoms with E-state index in [0.717, 1.165) is 10.4 Å². The maximum atomic E-state index is 12.7. The number of carbonyl (C=O) groups excluding carboxylic acids is 1. The van der Waals surface area contributed by atoms with Gasteiger partial charge in [-0.3, -0.25) is 4.79 Å². The third kappa shape index (κ3) is 4.30. The minimum atomic E-state index is -0.310. The molecule has 0 fully saturated rings. The van der Waals surface area contributed by atoms with Crippen LogP contribution in [0.15, 0.2) is 41.5 Å². The first-order valence-electron chi connectivity index (χ1n) is 5.76. The lowest BCUT2D eigenvalue weighted by Gasteiger charge is -1.99. The molecule has 0 radical (unpaired) electrons. The van der Waals surface area contributed by atoms with Gasteiger partial charge in [0.05, 0.1) is 12.6 Å². The fourth-order valence-electron chi connectivity index (χ4n) is 1.52. The fraction of sp³-hybridized carbons (Fsp3) is 0.143. The van der Waals surface area contributed by atoms with Gasteiger partial charge < -0.3 is 0 Å². The molecule has 1 amide bonds. The van der Waals surface area contributed by atoms with Crippen molar-refractivity contribution in [1.29, 1.82) is 0 Å². The fourth-order valence-corrected chi connectivity index (χ4v) is 2.27. The highest BCUT2D eigenvalue weighted by Crippen LogP contribution is 2.12. The van der Waals surface area contributed by atoms with Gasteiger partial charge in [0, 0.05) is 9.75 Å².